The summed E-state index contributed by atoms with van der Waals surface area (Å²) in [5, 5.41) is 12.3. The number of amides is 1. The van der Waals surface area contributed by atoms with Gasteiger partial charge in [-0.15, -0.1) is 0 Å². The first-order valence-electron chi connectivity index (χ1n) is 6.81. The van der Waals surface area contributed by atoms with Gasteiger partial charge in [0.2, 0.25) is 5.91 Å². The van der Waals surface area contributed by atoms with E-state index in [2.05, 4.69) is 5.32 Å². The van der Waals surface area contributed by atoms with Crippen molar-refractivity contribution in [3.8, 4) is 0 Å². The lowest BCUT2D eigenvalue weighted by Crippen LogP contribution is -2.34. The van der Waals surface area contributed by atoms with Crippen molar-refractivity contribution in [3.63, 3.8) is 0 Å². The third kappa shape index (κ3) is 3.97. The molecule has 5 heteroatoms. The van der Waals surface area contributed by atoms with Gasteiger partial charge in [0.15, 0.2) is 0 Å². The second-order valence-corrected chi connectivity index (χ2v) is 5.68. The van der Waals surface area contributed by atoms with E-state index in [1.807, 2.05) is 24.3 Å². The minimum absolute atomic E-state index is 0.0205. The number of unbranched alkanes of at least 4 members (excludes halogenated alkanes) is 1. The maximum absolute atomic E-state index is 11.9. The van der Waals surface area contributed by atoms with Gasteiger partial charge in [0.25, 0.3) is 0 Å². The maximum atomic E-state index is 11.9. The molecular weight excluding hydrogens is 278 g/mol. The number of benzene rings is 1. The van der Waals surface area contributed by atoms with Crippen LogP contribution in [0.25, 0.3) is 0 Å². The van der Waals surface area contributed by atoms with Crippen LogP contribution in [0.4, 0.5) is 0 Å². The lowest BCUT2D eigenvalue weighted by atomic mass is 10.0. The largest absolute Gasteiger partial charge is 0.481 e. The molecule has 0 aliphatic heterocycles. The van der Waals surface area contributed by atoms with Crippen LogP contribution in [-0.2, 0) is 15.1 Å². The molecule has 0 radical (unpaired) electrons. The zero-order valence-corrected chi connectivity index (χ0v) is 11.9. The van der Waals surface area contributed by atoms with Crippen molar-refractivity contribution in [2.24, 2.45) is 0 Å². The second-order valence-electron chi connectivity index (χ2n) is 5.24. The zero-order valence-electron chi connectivity index (χ0n) is 11.2. The van der Waals surface area contributed by atoms with Crippen LogP contribution < -0.4 is 5.32 Å². The molecule has 0 bridgehead atoms. The fraction of sp³-hybridized carbons (Fsp3) is 0.467. The molecular formula is C15H18ClNO3. The van der Waals surface area contributed by atoms with Gasteiger partial charge in [0.1, 0.15) is 0 Å². The molecule has 1 aromatic carbocycles. The molecule has 1 fully saturated rings. The summed E-state index contributed by atoms with van der Waals surface area (Å²) in [6, 6.07) is 7.56. The normalized spacial score (nSPS) is 15.7. The van der Waals surface area contributed by atoms with E-state index in [0.29, 0.717) is 24.3 Å². The van der Waals surface area contributed by atoms with Crippen LogP contribution >= 0.6 is 11.6 Å². The first-order chi connectivity index (χ1) is 9.52. The van der Waals surface area contributed by atoms with Gasteiger partial charge in [-0.1, -0.05) is 23.7 Å². The molecule has 0 aromatic heterocycles. The number of carboxylic acid groups (broad SMARTS) is 1. The Kier molecular flexibility index (Phi) is 4.65. The van der Waals surface area contributed by atoms with Gasteiger partial charge in [-0.05, 0) is 43.4 Å². The Hall–Kier alpha value is -1.55. The van der Waals surface area contributed by atoms with Crippen molar-refractivity contribution in [1.82, 2.24) is 5.32 Å². The Bertz CT molecular complexity index is 512. The van der Waals surface area contributed by atoms with Crippen LogP contribution in [0.1, 0.15) is 44.1 Å². The van der Waals surface area contributed by atoms with Crippen molar-refractivity contribution < 1.29 is 14.7 Å². The highest BCUT2D eigenvalue weighted by atomic mass is 35.5. The smallest absolute Gasteiger partial charge is 0.303 e. The molecule has 108 valence electrons. The fourth-order valence-electron chi connectivity index (χ4n) is 2.29. The summed E-state index contributed by atoms with van der Waals surface area (Å²) < 4.78 is 0. The van der Waals surface area contributed by atoms with Gasteiger partial charge in [-0.3, -0.25) is 9.59 Å². The Morgan fingerprint density at radius 3 is 2.55 bits per heavy atom. The van der Waals surface area contributed by atoms with Crippen LogP contribution in [0.2, 0.25) is 5.02 Å². The third-order valence-corrected chi connectivity index (χ3v) is 3.79. The molecule has 0 spiro atoms. The number of nitrogens with one attached hydrogen (secondary N) is 1. The van der Waals surface area contributed by atoms with E-state index in [-0.39, 0.29) is 17.9 Å². The first kappa shape index (κ1) is 14.9. The monoisotopic (exact) mass is 295 g/mol. The standard InChI is InChI=1S/C15H18ClNO3/c16-12-5-3-4-11(10-12)15(8-9-15)17-13(18)6-1-2-7-14(19)20/h3-5,10H,1-2,6-9H2,(H,17,18)(H,19,20). The minimum Gasteiger partial charge on any atom is -0.481 e. The molecule has 1 aromatic rings. The lowest BCUT2D eigenvalue weighted by molar-refractivity contribution is -0.137. The van der Waals surface area contributed by atoms with Crippen LogP contribution in [0.3, 0.4) is 0 Å². The summed E-state index contributed by atoms with van der Waals surface area (Å²) in [7, 11) is 0. The van der Waals surface area contributed by atoms with E-state index in [9.17, 15) is 9.59 Å². The number of hydrogen-bond donors (Lipinski definition) is 2. The van der Waals surface area contributed by atoms with Gasteiger partial charge in [-0.25, -0.2) is 0 Å². The average molecular weight is 296 g/mol. The highest BCUT2D eigenvalue weighted by Gasteiger charge is 2.45. The summed E-state index contributed by atoms with van der Waals surface area (Å²) in [6.45, 7) is 0. The maximum Gasteiger partial charge on any atom is 0.303 e. The first-order valence-corrected chi connectivity index (χ1v) is 7.18. The molecule has 4 nitrogen and oxygen atoms in total. The summed E-state index contributed by atoms with van der Waals surface area (Å²) in [5.41, 5.74) is 0.790. The second kappa shape index (κ2) is 6.27. The number of hydrogen-bond acceptors (Lipinski definition) is 2. The predicted molar refractivity (Wildman–Crippen MR) is 76.6 cm³/mol. The summed E-state index contributed by atoms with van der Waals surface area (Å²) in [5.74, 6) is -0.837. The number of rotatable bonds is 7. The van der Waals surface area contributed by atoms with E-state index in [0.717, 1.165) is 18.4 Å². The van der Waals surface area contributed by atoms with E-state index in [4.69, 9.17) is 16.7 Å². The van der Waals surface area contributed by atoms with E-state index in [1.165, 1.54) is 0 Å². The molecule has 20 heavy (non-hydrogen) atoms. The summed E-state index contributed by atoms with van der Waals surface area (Å²) in [6.07, 6.45) is 3.47. The van der Waals surface area contributed by atoms with Crippen molar-refractivity contribution in [1.29, 1.82) is 0 Å². The zero-order chi connectivity index (χ0) is 14.6. The quantitative estimate of drug-likeness (QED) is 0.760. The Labute approximate surface area is 123 Å². The molecule has 2 rings (SSSR count). The Balaban J connectivity index is 1.83. The van der Waals surface area contributed by atoms with Crippen LogP contribution in [0.15, 0.2) is 24.3 Å². The van der Waals surface area contributed by atoms with Gasteiger partial charge >= 0.3 is 5.97 Å². The predicted octanol–water partition coefficient (Wildman–Crippen LogP) is 3.09. The molecule has 1 amide bonds. The van der Waals surface area contributed by atoms with Gasteiger partial charge in [0.05, 0.1) is 5.54 Å². The molecule has 0 heterocycles. The highest BCUT2D eigenvalue weighted by Crippen LogP contribution is 2.46. The lowest BCUT2D eigenvalue weighted by Gasteiger charge is -2.18. The van der Waals surface area contributed by atoms with Gasteiger partial charge in [-0.2, -0.15) is 0 Å². The van der Waals surface area contributed by atoms with Gasteiger partial charge < -0.3 is 10.4 Å². The van der Waals surface area contributed by atoms with Crippen molar-refractivity contribution in [3.05, 3.63) is 34.9 Å². The van der Waals surface area contributed by atoms with Gasteiger partial charge in [0, 0.05) is 17.9 Å². The van der Waals surface area contributed by atoms with Crippen molar-refractivity contribution >= 4 is 23.5 Å². The fourth-order valence-corrected chi connectivity index (χ4v) is 2.48. The summed E-state index contributed by atoms with van der Waals surface area (Å²) >= 11 is 5.98. The van der Waals surface area contributed by atoms with E-state index < -0.39 is 5.97 Å². The summed E-state index contributed by atoms with van der Waals surface area (Å²) in [4.78, 5) is 22.3. The molecule has 0 atom stereocenters. The SMILES string of the molecule is O=C(O)CCCCC(=O)NC1(c2cccc(Cl)c2)CC1. The van der Waals surface area contributed by atoms with Crippen LogP contribution in [-0.4, -0.2) is 17.0 Å². The highest BCUT2D eigenvalue weighted by molar-refractivity contribution is 6.30. The number of carbonyl (C=O) groups is 2. The van der Waals surface area contributed by atoms with Crippen LogP contribution in [0, 0.1) is 0 Å². The number of carbonyl (C=O) groups excluding carboxylic acids is 1. The van der Waals surface area contributed by atoms with Crippen LogP contribution in [0.5, 0.6) is 0 Å². The average Bonchev–Trinajstić information content (AvgIpc) is 3.15. The number of carboxylic acids is 1. The van der Waals surface area contributed by atoms with Crippen molar-refractivity contribution in [2.75, 3.05) is 0 Å². The van der Waals surface area contributed by atoms with E-state index >= 15 is 0 Å². The Morgan fingerprint density at radius 2 is 1.95 bits per heavy atom. The molecule has 2 N–H and O–H groups in total. The Morgan fingerprint density at radius 1 is 1.25 bits per heavy atom. The topological polar surface area (TPSA) is 66.4 Å². The minimum atomic E-state index is -0.817. The van der Waals surface area contributed by atoms with Crippen molar-refractivity contribution in [2.45, 2.75) is 44.1 Å². The van der Waals surface area contributed by atoms with E-state index in [1.54, 1.807) is 0 Å². The molecule has 1 saturated carbocycles. The number of halogens is 1. The molecule has 1 aliphatic rings. The number of aliphatic carboxylic acids is 1. The molecule has 0 saturated heterocycles. The molecule has 0 unspecified atom stereocenters. The third-order valence-electron chi connectivity index (χ3n) is 3.55. The molecule has 1 aliphatic carbocycles.